The predicted molar refractivity (Wildman–Crippen MR) is 127 cm³/mol. The van der Waals surface area contributed by atoms with Crippen molar-refractivity contribution in [1.29, 1.82) is 0 Å². The Hall–Kier alpha value is -3.78. The van der Waals surface area contributed by atoms with Crippen LogP contribution < -0.4 is 0 Å². The summed E-state index contributed by atoms with van der Waals surface area (Å²) in [5, 5.41) is 10.6. The van der Waals surface area contributed by atoms with Crippen molar-refractivity contribution in [3.63, 3.8) is 0 Å². The second-order valence-corrected chi connectivity index (χ2v) is 8.88. The molecule has 0 spiro atoms. The number of aromatic nitrogens is 4. The number of nitrogens with zero attached hydrogens (tertiary/aromatic N) is 4. The van der Waals surface area contributed by atoms with Crippen molar-refractivity contribution >= 4 is 28.6 Å². The normalized spacial score (nSPS) is 13.4. The van der Waals surface area contributed by atoms with Gasteiger partial charge < -0.3 is 14.3 Å². The lowest BCUT2D eigenvalue weighted by molar-refractivity contribution is -0.129. The maximum absolute atomic E-state index is 13.1. The van der Waals surface area contributed by atoms with Crippen LogP contribution in [0.4, 0.5) is 0 Å². The Bertz CT molecular complexity index is 1420. The van der Waals surface area contributed by atoms with E-state index in [4.69, 9.17) is 4.42 Å². The number of hydrogen-bond acceptors (Lipinski definition) is 5. The molecule has 8 heteroatoms. The molecule has 0 saturated carbocycles. The largest absolute Gasteiger partial charge is 0.461 e. The summed E-state index contributed by atoms with van der Waals surface area (Å²) in [6.07, 6.45) is 2.45. The zero-order valence-corrected chi connectivity index (χ0v) is 18.6. The van der Waals surface area contributed by atoms with E-state index in [1.807, 2.05) is 64.1 Å². The van der Waals surface area contributed by atoms with Gasteiger partial charge in [0, 0.05) is 47.4 Å². The number of carbonyl (C=O) groups excluding carboxylic acids is 1. The highest BCUT2D eigenvalue weighted by atomic mass is 32.2. The minimum absolute atomic E-state index is 0.0955. The maximum Gasteiger partial charge on any atom is 0.233 e. The molecule has 4 heterocycles. The highest BCUT2D eigenvalue weighted by molar-refractivity contribution is 7.99. The average Bonchev–Trinajstić information content (AvgIpc) is 3.61. The first-order chi connectivity index (χ1) is 16.3. The van der Waals surface area contributed by atoms with E-state index in [9.17, 15) is 4.79 Å². The zero-order valence-electron chi connectivity index (χ0n) is 17.8. The summed E-state index contributed by atoms with van der Waals surface area (Å²) in [6.45, 7) is 1.34. The second kappa shape index (κ2) is 8.29. The minimum atomic E-state index is 0.0955. The smallest absolute Gasteiger partial charge is 0.233 e. The van der Waals surface area contributed by atoms with Gasteiger partial charge in [0.25, 0.3) is 0 Å². The fourth-order valence-corrected chi connectivity index (χ4v) is 5.19. The zero-order chi connectivity index (χ0) is 22.2. The molecule has 1 aliphatic rings. The Kier molecular flexibility index (Phi) is 4.99. The molecule has 3 aromatic heterocycles. The molecule has 6 rings (SSSR count). The van der Waals surface area contributed by atoms with E-state index in [1.165, 1.54) is 28.4 Å². The Balaban J connectivity index is 1.23. The summed E-state index contributed by atoms with van der Waals surface area (Å²) in [5.74, 6) is 1.63. The Morgan fingerprint density at radius 2 is 1.88 bits per heavy atom. The van der Waals surface area contributed by atoms with E-state index in [2.05, 4.69) is 27.3 Å². The number of H-pyrrole nitrogens is 1. The third kappa shape index (κ3) is 3.62. The Morgan fingerprint density at radius 3 is 2.73 bits per heavy atom. The number of rotatable bonds is 5. The molecule has 33 heavy (non-hydrogen) atoms. The summed E-state index contributed by atoms with van der Waals surface area (Å²) in [5.41, 5.74) is 4.51. The molecule has 1 N–H and O–H groups in total. The van der Waals surface area contributed by atoms with Crippen LogP contribution in [-0.4, -0.2) is 42.9 Å². The number of aromatic amines is 1. The molecular formula is C25H21N5O2S. The number of fused-ring (bicyclic) bond motifs is 3. The minimum Gasteiger partial charge on any atom is -0.461 e. The fraction of sp³-hybridized carbons (Fsp3) is 0.160. The monoisotopic (exact) mass is 455 g/mol. The lowest BCUT2D eigenvalue weighted by Gasteiger charge is -2.27. The van der Waals surface area contributed by atoms with Gasteiger partial charge in [-0.2, -0.15) is 0 Å². The van der Waals surface area contributed by atoms with E-state index >= 15 is 0 Å². The van der Waals surface area contributed by atoms with Gasteiger partial charge in [-0.15, -0.1) is 10.2 Å². The van der Waals surface area contributed by atoms with Gasteiger partial charge in [-0.1, -0.05) is 48.2 Å². The van der Waals surface area contributed by atoms with Crippen LogP contribution in [0.3, 0.4) is 0 Å². The van der Waals surface area contributed by atoms with Gasteiger partial charge in [-0.3, -0.25) is 9.36 Å². The van der Waals surface area contributed by atoms with Crippen molar-refractivity contribution in [1.82, 2.24) is 24.6 Å². The van der Waals surface area contributed by atoms with Gasteiger partial charge in [-0.25, -0.2) is 0 Å². The van der Waals surface area contributed by atoms with Crippen LogP contribution in [-0.2, 0) is 17.8 Å². The van der Waals surface area contributed by atoms with Crippen molar-refractivity contribution in [2.45, 2.75) is 18.1 Å². The molecule has 0 aliphatic carbocycles. The number of benzene rings is 2. The number of para-hydroxylation sites is 2. The van der Waals surface area contributed by atoms with Crippen LogP contribution in [0.5, 0.6) is 0 Å². The molecular weight excluding hydrogens is 434 g/mol. The van der Waals surface area contributed by atoms with Crippen molar-refractivity contribution in [3.8, 4) is 17.3 Å². The van der Waals surface area contributed by atoms with Crippen LogP contribution in [0.2, 0.25) is 0 Å². The van der Waals surface area contributed by atoms with E-state index in [0.29, 0.717) is 35.6 Å². The molecule has 164 valence electrons. The van der Waals surface area contributed by atoms with E-state index in [-0.39, 0.29) is 5.91 Å². The highest BCUT2D eigenvalue weighted by Crippen LogP contribution is 2.30. The first-order valence-electron chi connectivity index (χ1n) is 10.8. The van der Waals surface area contributed by atoms with Crippen LogP contribution >= 0.6 is 11.8 Å². The number of amides is 1. The molecule has 0 radical (unpaired) electrons. The van der Waals surface area contributed by atoms with Crippen molar-refractivity contribution in [3.05, 3.63) is 84.3 Å². The van der Waals surface area contributed by atoms with Crippen molar-refractivity contribution in [2.24, 2.45) is 0 Å². The Morgan fingerprint density at radius 1 is 1.03 bits per heavy atom. The number of furan rings is 1. The van der Waals surface area contributed by atoms with E-state index in [0.717, 1.165) is 17.6 Å². The number of thioether (sulfide) groups is 1. The van der Waals surface area contributed by atoms with Crippen LogP contribution in [0, 0.1) is 0 Å². The van der Waals surface area contributed by atoms with Gasteiger partial charge in [0.2, 0.25) is 11.7 Å². The topological polar surface area (TPSA) is 79.9 Å². The number of nitrogens with one attached hydrogen (secondary N) is 1. The molecule has 2 aromatic carbocycles. The molecule has 5 aromatic rings. The fourth-order valence-electron chi connectivity index (χ4n) is 4.34. The van der Waals surface area contributed by atoms with Gasteiger partial charge >= 0.3 is 0 Å². The summed E-state index contributed by atoms with van der Waals surface area (Å²) >= 11 is 1.40. The lowest BCUT2D eigenvalue weighted by Crippen LogP contribution is -2.36. The first kappa shape index (κ1) is 19.9. The van der Waals surface area contributed by atoms with E-state index in [1.54, 1.807) is 6.26 Å². The maximum atomic E-state index is 13.1. The van der Waals surface area contributed by atoms with Crippen LogP contribution in [0.25, 0.3) is 28.2 Å². The lowest BCUT2D eigenvalue weighted by atomic mass is 10.0. The quantitative estimate of drug-likeness (QED) is 0.389. The first-order valence-corrected chi connectivity index (χ1v) is 11.8. The third-order valence-corrected chi connectivity index (χ3v) is 6.86. The standard InChI is InChI=1S/C25H21N5O2S/c31-23(29-13-12-21-19(15-29)18-9-4-5-10-20(18)26-21)16-33-25-28-27-24(22-11-6-14-32-22)30(25)17-7-2-1-3-8-17/h1-11,14,26H,12-13,15-16H2. The molecule has 0 bridgehead atoms. The average molecular weight is 456 g/mol. The molecule has 0 saturated heterocycles. The van der Waals surface area contributed by atoms with Gasteiger partial charge in [0.05, 0.1) is 12.0 Å². The molecule has 1 aliphatic heterocycles. The second-order valence-electron chi connectivity index (χ2n) is 7.94. The number of carbonyl (C=O) groups is 1. The van der Waals surface area contributed by atoms with Crippen molar-refractivity contribution < 1.29 is 9.21 Å². The summed E-state index contributed by atoms with van der Waals surface area (Å²) < 4.78 is 7.50. The summed E-state index contributed by atoms with van der Waals surface area (Å²) in [7, 11) is 0. The van der Waals surface area contributed by atoms with Gasteiger partial charge in [-0.05, 0) is 30.3 Å². The van der Waals surface area contributed by atoms with Crippen molar-refractivity contribution in [2.75, 3.05) is 12.3 Å². The van der Waals surface area contributed by atoms with Crippen LogP contribution in [0.1, 0.15) is 11.3 Å². The third-order valence-electron chi connectivity index (χ3n) is 5.95. The number of hydrogen-bond donors (Lipinski definition) is 1. The molecule has 0 unspecified atom stereocenters. The summed E-state index contributed by atoms with van der Waals surface area (Å²) in [4.78, 5) is 18.6. The van der Waals surface area contributed by atoms with Gasteiger partial charge in [0.15, 0.2) is 10.9 Å². The predicted octanol–water partition coefficient (Wildman–Crippen LogP) is 4.69. The van der Waals surface area contributed by atoms with Gasteiger partial charge in [0.1, 0.15) is 0 Å². The molecule has 1 amide bonds. The molecule has 0 fully saturated rings. The van der Waals surface area contributed by atoms with Crippen LogP contribution in [0.15, 0.2) is 82.6 Å². The molecule has 0 atom stereocenters. The molecule has 7 nitrogen and oxygen atoms in total. The van der Waals surface area contributed by atoms with E-state index < -0.39 is 0 Å². The Labute approximate surface area is 194 Å². The summed E-state index contributed by atoms with van der Waals surface area (Å²) in [6, 6.07) is 21.8. The SMILES string of the molecule is O=C(CSc1nnc(-c2ccco2)n1-c1ccccc1)N1CCc2[nH]c3ccccc3c2C1. The highest BCUT2D eigenvalue weighted by Gasteiger charge is 2.25.